The number of carboxylic acids is 1. The van der Waals surface area contributed by atoms with Crippen molar-refractivity contribution >= 4 is 34.3 Å². The molecule has 6 rings (SSSR count). The van der Waals surface area contributed by atoms with Gasteiger partial charge in [-0.25, -0.2) is 4.79 Å². The van der Waals surface area contributed by atoms with Crippen molar-refractivity contribution in [1.82, 2.24) is 14.6 Å². The van der Waals surface area contributed by atoms with E-state index >= 15 is 0 Å². The average Bonchev–Trinajstić information content (AvgIpc) is 3.38. The Morgan fingerprint density at radius 2 is 1.76 bits per heavy atom. The number of ether oxygens (including phenoxy) is 1. The molecule has 1 saturated heterocycles. The summed E-state index contributed by atoms with van der Waals surface area (Å²) in [5, 5.41) is 28.9. The number of aromatic nitrogens is 3. The van der Waals surface area contributed by atoms with E-state index < -0.39 is 11.4 Å². The lowest BCUT2D eigenvalue weighted by atomic mass is 9.75. The second kappa shape index (κ2) is 9.36. The zero-order chi connectivity index (χ0) is 25.4. The van der Waals surface area contributed by atoms with E-state index in [-0.39, 0.29) is 5.56 Å². The Hall–Kier alpha value is -4.19. The first-order valence-corrected chi connectivity index (χ1v) is 12.8. The highest BCUT2D eigenvalue weighted by atomic mass is 32.2. The maximum absolute atomic E-state index is 11.2. The Kier molecular flexibility index (Phi) is 5.87. The molecule has 0 spiro atoms. The van der Waals surface area contributed by atoms with Crippen LogP contribution in [0.15, 0.2) is 88.7 Å². The van der Waals surface area contributed by atoms with Crippen molar-refractivity contribution in [3.05, 3.63) is 90.0 Å². The zero-order valence-corrected chi connectivity index (χ0v) is 20.6. The second-order valence-corrected chi connectivity index (χ2v) is 10.2. The SMILES string of the molecule is N#CC1(c2cccc(Sc3ccc4c(ccc5nnc(-c6ccc(C(=O)O)cc6)n54)c3)c2)CCOCC1. The van der Waals surface area contributed by atoms with Gasteiger partial charge in [0.1, 0.15) is 0 Å². The van der Waals surface area contributed by atoms with Gasteiger partial charge in [-0.3, -0.25) is 4.40 Å². The number of carbonyl (C=O) groups is 1. The summed E-state index contributed by atoms with van der Waals surface area (Å²) < 4.78 is 7.49. The summed E-state index contributed by atoms with van der Waals surface area (Å²) in [5.74, 6) is -0.307. The molecule has 3 heterocycles. The van der Waals surface area contributed by atoms with Crippen molar-refractivity contribution in [2.24, 2.45) is 0 Å². The molecule has 0 aliphatic carbocycles. The molecular weight excluding hydrogens is 484 g/mol. The van der Waals surface area contributed by atoms with Gasteiger partial charge in [-0.15, -0.1) is 10.2 Å². The maximum Gasteiger partial charge on any atom is 0.335 e. The van der Waals surface area contributed by atoms with Gasteiger partial charge < -0.3 is 9.84 Å². The molecule has 0 radical (unpaired) electrons. The number of nitriles is 1. The quantitative estimate of drug-likeness (QED) is 0.313. The maximum atomic E-state index is 11.2. The Morgan fingerprint density at radius 3 is 2.51 bits per heavy atom. The van der Waals surface area contributed by atoms with Crippen LogP contribution in [-0.4, -0.2) is 38.9 Å². The molecule has 37 heavy (non-hydrogen) atoms. The molecule has 0 amide bonds. The van der Waals surface area contributed by atoms with Gasteiger partial charge in [-0.1, -0.05) is 36.0 Å². The van der Waals surface area contributed by atoms with E-state index in [1.54, 1.807) is 36.0 Å². The molecule has 0 saturated carbocycles. The van der Waals surface area contributed by atoms with Crippen molar-refractivity contribution in [3.8, 4) is 17.5 Å². The molecule has 0 bridgehead atoms. The lowest BCUT2D eigenvalue weighted by Crippen LogP contribution is -2.32. The summed E-state index contributed by atoms with van der Waals surface area (Å²) in [6.45, 7) is 1.22. The molecule has 182 valence electrons. The first-order chi connectivity index (χ1) is 18.1. The van der Waals surface area contributed by atoms with E-state index in [0.717, 1.165) is 37.5 Å². The topological polar surface area (TPSA) is 101 Å². The summed E-state index contributed by atoms with van der Waals surface area (Å²) in [4.78, 5) is 13.4. The largest absolute Gasteiger partial charge is 0.478 e. The van der Waals surface area contributed by atoms with Crippen LogP contribution in [0.25, 0.3) is 27.9 Å². The van der Waals surface area contributed by atoms with E-state index in [0.29, 0.717) is 31.9 Å². The third kappa shape index (κ3) is 4.22. The predicted octanol–water partition coefficient (Wildman–Crippen LogP) is 5.97. The highest BCUT2D eigenvalue weighted by Crippen LogP contribution is 2.38. The molecule has 1 aliphatic rings. The second-order valence-electron chi connectivity index (χ2n) is 9.09. The number of hydrogen-bond donors (Lipinski definition) is 1. The first-order valence-electron chi connectivity index (χ1n) is 12.0. The van der Waals surface area contributed by atoms with Crippen LogP contribution >= 0.6 is 11.8 Å². The van der Waals surface area contributed by atoms with Gasteiger partial charge in [0.15, 0.2) is 11.5 Å². The minimum Gasteiger partial charge on any atom is -0.478 e. The van der Waals surface area contributed by atoms with Gasteiger partial charge >= 0.3 is 5.97 Å². The lowest BCUT2D eigenvalue weighted by Gasteiger charge is -2.31. The number of rotatable bonds is 5. The molecule has 0 atom stereocenters. The number of carboxylic acid groups (broad SMARTS) is 1. The first kappa shape index (κ1) is 23.2. The van der Waals surface area contributed by atoms with Gasteiger partial charge in [-0.05, 0) is 78.4 Å². The number of pyridine rings is 1. The number of fused-ring (bicyclic) bond motifs is 3. The van der Waals surface area contributed by atoms with Gasteiger partial charge in [-0.2, -0.15) is 5.26 Å². The standard InChI is InChI=1S/C29H22N4O3S/c30-18-29(12-14-36-15-13-29)22-2-1-3-23(17-22)37-24-9-10-25-21(16-24)8-11-26-31-32-27(33(25)26)19-4-6-20(7-5-19)28(34)35/h1-11,16-17H,12-15H2,(H,34,35). The minimum absolute atomic E-state index is 0.227. The van der Waals surface area contributed by atoms with E-state index in [2.05, 4.69) is 46.6 Å². The van der Waals surface area contributed by atoms with Crippen LogP contribution in [0.2, 0.25) is 0 Å². The normalized spacial score (nSPS) is 15.0. The van der Waals surface area contributed by atoms with Gasteiger partial charge in [0.25, 0.3) is 0 Å². The van der Waals surface area contributed by atoms with Crippen molar-refractivity contribution < 1.29 is 14.6 Å². The molecule has 1 N–H and O–H groups in total. The molecule has 8 heteroatoms. The fourth-order valence-electron chi connectivity index (χ4n) is 4.87. The third-order valence-corrected chi connectivity index (χ3v) is 7.89. The van der Waals surface area contributed by atoms with Crippen LogP contribution in [0, 0.1) is 11.3 Å². The van der Waals surface area contributed by atoms with E-state index in [1.165, 1.54) is 0 Å². The van der Waals surface area contributed by atoms with E-state index in [9.17, 15) is 15.2 Å². The van der Waals surface area contributed by atoms with E-state index in [1.807, 2.05) is 28.7 Å². The Balaban J connectivity index is 1.34. The van der Waals surface area contributed by atoms with Crippen LogP contribution in [0.5, 0.6) is 0 Å². The van der Waals surface area contributed by atoms with E-state index in [4.69, 9.17) is 4.74 Å². The molecule has 0 unspecified atom stereocenters. The lowest BCUT2D eigenvalue weighted by molar-refractivity contribution is 0.0674. The highest BCUT2D eigenvalue weighted by Gasteiger charge is 2.34. The van der Waals surface area contributed by atoms with Crippen molar-refractivity contribution in [3.63, 3.8) is 0 Å². The molecule has 2 aromatic heterocycles. The molecular formula is C29H22N4O3S. The summed E-state index contributed by atoms with van der Waals surface area (Å²) >= 11 is 1.67. The molecule has 1 aliphatic heterocycles. The third-order valence-electron chi connectivity index (χ3n) is 6.91. The summed E-state index contributed by atoms with van der Waals surface area (Å²) in [6.07, 6.45) is 1.42. The molecule has 7 nitrogen and oxygen atoms in total. The van der Waals surface area contributed by atoms with Crippen LogP contribution in [0.3, 0.4) is 0 Å². The van der Waals surface area contributed by atoms with Gasteiger partial charge in [0.2, 0.25) is 0 Å². The van der Waals surface area contributed by atoms with Crippen LogP contribution in [0.4, 0.5) is 0 Å². The molecule has 3 aromatic carbocycles. The summed E-state index contributed by atoms with van der Waals surface area (Å²) in [6, 6.07) is 27.7. The minimum atomic E-state index is -0.964. The fourth-order valence-corrected chi connectivity index (χ4v) is 5.79. The van der Waals surface area contributed by atoms with Crippen molar-refractivity contribution in [1.29, 1.82) is 5.26 Å². The fraction of sp³-hybridized carbons (Fsp3) is 0.172. The van der Waals surface area contributed by atoms with Crippen LogP contribution in [-0.2, 0) is 10.2 Å². The average molecular weight is 507 g/mol. The van der Waals surface area contributed by atoms with Crippen molar-refractivity contribution in [2.45, 2.75) is 28.0 Å². The van der Waals surface area contributed by atoms with Crippen LogP contribution in [0.1, 0.15) is 28.8 Å². The number of benzene rings is 3. The Labute approximate surface area is 217 Å². The Bertz CT molecular complexity index is 1680. The smallest absolute Gasteiger partial charge is 0.335 e. The van der Waals surface area contributed by atoms with Gasteiger partial charge in [0.05, 0.1) is 22.6 Å². The summed E-state index contributed by atoms with van der Waals surface area (Å²) in [7, 11) is 0. The van der Waals surface area contributed by atoms with Gasteiger partial charge in [0, 0.05) is 28.6 Å². The summed E-state index contributed by atoms with van der Waals surface area (Å²) in [5.41, 5.74) is 3.26. The van der Waals surface area contributed by atoms with Crippen molar-refractivity contribution in [2.75, 3.05) is 13.2 Å². The molecule has 5 aromatic rings. The Morgan fingerprint density at radius 1 is 0.973 bits per heavy atom. The number of aromatic carboxylic acids is 1. The van der Waals surface area contributed by atoms with Crippen LogP contribution < -0.4 is 0 Å². The predicted molar refractivity (Wildman–Crippen MR) is 141 cm³/mol. The number of nitrogens with zero attached hydrogens (tertiary/aromatic N) is 4. The monoisotopic (exact) mass is 506 g/mol. The zero-order valence-electron chi connectivity index (χ0n) is 19.8. The number of hydrogen-bond acceptors (Lipinski definition) is 6. The molecule has 1 fully saturated rings. The highest BCUT2D eigenvalue weighted by molar-refractivity contribution is 7.99.